The third-order valence-corrected chi connectivity index (χ3v) is 4.00. The second kappa shape index (κ2) is 8.35. The summed E-state index contributed by atoms with van der Waals surface area (Å²) in [6.07, 6.45) is 4.06. The topological polar surface area (TPSA) is 24.5 Å². The molecule has 0 radical (unpaired) electrons. The number of likely N-dealkylation sites (tertiary alicyclic amines) is 1. The molecule has 1 fully saturated rings. The molecule has 0 aliphatic carbocycles. The monoisotopic (exact) mass is 306 g/mol. The van der Waals surface area contributed by atoms with E-state index in [9.17, 15) is 0 Å². The molecule has 0 bridgehead atoms. The fourth-order valence-electron chi connectivity index (χ4n) is 2.57. The van der Waals surface area contributed by atoms with E-state index in [0.29, 0.717) is 0 Å². The molecule has 1 aromatic rings. The number of ether oxygens (including phenoxy) is 1. The van der Waals surface area contributed by atoms with Gasteiger partial charge in [-0.2, -0.15) is 0 Å². The molecule has 1 aliphatic heterocycles. The lowest BCUT2D eigenvalue weighted by Gasteiger charge is -2.15. The highest BCUT2D eigenvalue weighted by Crippen LogP contribution is 2.14. The summed E-state index contributed by atoms with van der Waals surface area (Å²) in [4.78, 5) is 3.36. The summed E-state index contributed by atoms with van der Waals surface area (Å²) in [5, 5.41) is 3.35. The van der Waals surface area contributed by atoms with Crippen LogP contribution in [-0.4, -0.2) is 42.2 Å². The van der Waals surface area contributed by atoms with Crippen molar-refractivity contribution in [2.75, 3.05) is 26.2 Å². The van der Waals surface area contributed by atoms with Crippen LogP contribution in [0.2, 0.25) is 0 Å². The molecule has 0 spiro atoms. The molecule has 1 N–H and O–H groups in total. The van der Waals surface area contributed by atoms with Crippen molar-refractivity contribution in [3.63, 3.8) is 0 Å². The Morgan fingerprint density at radius 1 is 1.24 bits per heavy atom. The summed E-state index contributed by atoms with van der Waals surface area (Å²) in [7, 11) is 0. The van der Waals surface area contributed by atoms with Crippen LogP contribution in [0.3, 0.4) is 0 Å². The van der Waals surface area contributed by atoms with E-state index in [4.69, 9.17) is 17.0 Å². The summed E-state index contributed by atoms with van der Waals surface area (Å²) in [5.74, 6) is 0.894. The molecule has 0 aromatic heterocycles. The summed E-state index contributed by atoms with van der Waals surface area (Å²) in [5.41, 5.74) is 1.06. The fraction of sp³-hybridized carbons (Fsp3) is 0.588. The first-order valence-electron chi connectivity index (χ1n) is 7.92. The van der Waals surface area contributed by atoms with E-state index < -0.39 is 0 Å². The maximum atomic E-state index is 5.64. The second-order valence-electron chi connectivity index (χ2n) is 5.85. The quantitative estimate of drug-likeness (QED) is 0.617. The molecule has 2 rings (SSSR count). The average molecular weight is 306 g/mol. The lowest BCUT2D eigenvalue weighted by Crippen LogP contribution is -2.28. The summed E-state index contributed by atoms with van der Waals surface area (Å²) >= 11 is 5.43. The second-order valence-corrected chi connectivity index (χ2v) is 6.26. The predicted octanol–water partition coefficient (Wildman–Crippen LogP) is 3.22. The van der Waals surface area contributed by atoms with Gasteiger partial charge in [0.15, 0.2) is 0 Å². The number of nitrogens with zero attached hydrogens (tertiary/aromatic N) is 1. The zero-order valence-electron chi connectivity index (χ0n) is 13.1. The van der Waals surface area contributed by atoms with Crippen LogP contribution < -0.4 is 10.1 Å². The van der Waals surface area contributed by atoms with Crippen LogP contribution in [0.25, 0.3) is 0 Å². The van der Waals surface area contributed by atoms with Gasteiger partial charge >= 0.3 is 0 Å². The standard InChI is InChI=1S/C17H26N2OS/c1-14(2)20-16-8-6-15(7-9-16)17(21)18-10-5-13-19-11-3-4-12-19/h6-9,14H,3-5,10-13H2,1-2H3,(H,18,21). The summed E-state index contributed by atoms with van der Waals surface area (Å²) < 4.78 is 5.64. The maximum absolute atomic E-state index is 5.64. The zero-order valence-corrected chi connectivity index (χ0v) is 13.9. The molecule has 4 heteroatoms. The number of rotatable bonds is 7. The van der Waals surface area contributed by atoms with Crippen LogP contribution in [0.15, 0.2) is 24.3 Å². The molecule has 1 aliphatic rings. The highest BCUT2D eigenvalue weighted by Gasteiger charge is 2.10. The smallest absolute Gasteiger partial charge is 0.119 e. The van der Waals surface area contributed by atoms with E-state index in [1.165, 1.54) is 32.5 Å². The van der Waals surface area contributed by atoms with Crippen molar-refractivity contribution >= 4 is 17.2 Å². The van der Waals surface area contributed by atoms with Crippen LogP contribution in [0.5, 0.6) is 5.75 Å². The highest BCUT2D eigenvalue weighted by molar-refractivity contribution is 7.80. The molecule has 0 amide bonds. The van der Waals surface area contributed by atoms with Gasteiger partial charge in [0, 0.05) is 12.1 Å². The molecule has 1 heterocycles. The first-order chi connectivity index (χ1) is 10.1. The first kappa shape index (κ1) is 16.2. The van der Waals surface area contributed by atoms with E-state index in [-0.39, 0.29) is 6.10 Å². The highest BCUT2D eigenvalue weighted by atomic mass is 32.1. The van der Waals surface area contributed by atoms with Crippen molar-refractivity contribution in [1.82, 2.24) is 10.2 Å². The third kappa shape index (κ3) is 5.64. The van der Waals surface area contributed by atoms with Gasteiger partial charge in [0.05, 0.1) is 6.10 Å². The molecule has 0 saturated carbocycles. The van der Waals surface area contributed by atoms with Crippen molar-refractivity contribution in [1.29, 1.82) is 0 Å². The Kier molecular flexibility index (Phi) is 6.46. The normalized spacial score (nSPS) is 15.4. The Labute approximate surface area is 133 Å². The van der Waals surface area contributed by atoms with Crippen molar-refractivity contribution in [2.24, 2.45) is 0 Å². The van der Waals surface area contributed by atoms with E-state index in [0.717, 1.165) is 29.3 Å². The van der Waals surface area contributed by atoms with Crippen LogP contribution in [-0.2, 0) is 0 Å². The Hall–Kier alpha value is -1.13. The molecule has 116 valence electrons. The zero-order chi connectivity index (χ0) is 15.1. The molecule has 0 atom stereocenters. The largest absolute Gasteiger partial charge is 0.491 e. The van der Waals surface area contributed by atoms with Crippen molar-refractivity contribution in [2.45, 2.75) is 39.2 Å². The number of benzene rings is 1. The van der Waals surface area contributed by atoms with Crippen LogP contribution in [0, 0.1) is 0 Å². The molecule has 3 nitrogen and oxygen atoms in total. The lowest BCUT2D eigenvalue weighted by atomic mass is 10.2. The van der Waals surface area contributed by atoms with Crippen LogP contribution in [0.1, 0.15) is 38.7 Å². The minimum atomic E-state index is 0.200. The van der Waals surface area contributed by atoms with Crippen molar-refractivity contribution in [3.8, 4) is 5.75 Å². The number of hydrogen-bond acceptors (Lipinski definition) is 3. The van der Waals surface area contributed by atoms with Crippen LogP contribution >= 0.6 is 12.2 Å². The fourth-order valence-corrected chi connectivity index (χ4v) is 2.81. The van der Waals surface area contributed by atoms with Gasteiger partial charge in [-0.25, -0.2) is 0 Å². The minimum absolute atomic E-state index is 0.200. The lowest BCUT2D eigenvalue weighted by molar-refractivity contribution is 0.242. The Balaban J connectivity index is 1.69. The van der Waals surface area contributed by atoms with E-state index in [1.54, 1.807) is 0 Å². The molecule has 1 saturated heterocycles. The van der Waals surface area contributed by atoms with Gasteiger partial charge in [-0.05, 0) is 77.0 Å². The Morgan fingerprint density at radius 2 is 1.90 bits per heavy atom. The van der Waals surface area contributed by atoms with Crippen molar-refractivity contribution in [3.05, 3.63) is 29.8 Å². The van der Waals surface area contributed by atoms with Gasteiger partial charge in [-0.3, -0.25) is 0 Å². The molecule has 21 heavy (non-hydrogen) atoms. The van der Waals surface area contributed by atoms with Gasteiger partial charge in [0.25, 0.3) is 0 Å². The molecular weight excluding hydrogens is 280 g/mol. The number of thiocarbonyl (C=S) groups is 1. The maximum Gasteiger partial charge on any atom is 0.119 e. The minimum Gasteiger partial charge on any atom is -0.491 e. The molecule has 0 unspecified atom stereocenters. The average Bonchev–Trinajstić information content (AvgIpc) is 2.97. The summed E-state index contributed by atoms with van der Waals surface area (Å²) in [6, 6.07) is 8.00. The van der Waals surface area contributed by atoms with Crippen LogP contribution in [0.4, 0.5) is 0 Å². The van der Waals surface area contributed by atoms with E-state index in [2.05, 4.69) is 10.2 Å². The number of hydrogen-bond donors (Lipinski definition) is 1. The van der Waals surface area contributed by atoms with Gasteiger partial charge < -0.3 is 15.0 Å². The molecule has 1 aromatic carbocycles. The van der Waals surface area contributed by atoms with Gasteiger partial charge in [-0.15, -0.1) is 0 Å². The SMILES string of the molecule is CC(C)Oc1ccc(C(=S)NCCCN2CCCC2)cc1. The predicted molar refractivity (Wildman–Crippen MR) is 92.2 cm³/mol. The van der Waals surface area contributed by atoms with E-state index in [1.807, 2.05) is 38.1 Å². The third-order valence-electron chi connectivity index (χ3n) is 3.62. The molecular formula is C17H26N2OS. The van der Waals surface area contributed by atoms with E-state index >= 15 is 0 Å². The Morgan fingerprint density at radius 3 is 2.52 bits per heavy atom. The van der Waals surface area contributed by atoms with Crippen molar-refractivity contribution < 1.29 is 4.74 Å². The van der Waals surface area contributed by atoms with Gasteiger partial charge in [0.2, 0.25) is 0 Å². The van der Waals surface area contributed by atoms with Gasteiger partial charge in [-0.1, -0.05) is 12.2 Å². The Bertz CT molecular complexity index is 439. The number of nitrogens with one attached hydrogen (secondary N) is 1. The summed E-state index contributed by atoms with van der Waals surface area (Å²) in [6.45, 7) is 8.71. The first-order valence-corrected chi connectivity index (χ1v) is 8.33. The van der Waals surface area contributed by atoms with Gasteiger partial charge in [0.1, 0.15) is 10.7 Å².